The van der Waals surface area contributed by atoms with Gasteiger partial charge in [-0.05, 0) is 61.7 Å². The molecule has 0 unspecified atom stereocenters. The normalized spacial score (nSPS) is 14.0. The lowest BCUT2D eigenvalue weighted by Gasteiger charge is -2.36. The zero-order valence-electron chi connectivity index (χ0n) is 43.8. The van der Waals surface area contributed by atoms with Gasteiger partial charge in [-0.15, -0.1) is 0 Å². The van der Waals surface area contributed by atoms with Crippen LogP contribution in [0.4, 0.5) is 0 Å². The number of hydrogen-bond acceptors (Lipinski definition) is 1. The average molecular weight is 830 g/mol. The number of rotatable bonds is 8. The minimum Gasteiger partial charge on any atom is -0.455 e. The predicted molar refractivity (Wildman–Crippen MR) is 268 cm³/mol. The minimum absolute atomic E-state index is 0.104. The van der Waals surface area contributed by atoms with Crippen LogP contribution in [0.15, 0.2) is 253 Å². The predicted octanol–water partition coefficient (Wildman–Crippen LogP) is 13.1. The Morgan fingerprint density at radius 2 is 0.873 bits per heavy atom. The molecule has 10 aromatic carbocycles. The number of hydrogen-bond donors (Lipinski definition) is 0. The lowest BCUT2D eigenvalue weighted by molar-refractivity contribution is 0.670. The molecule has 2 heterocycles. The molecule has 0 fully saturated rings. The van der Waals surface area contributed by atoms with Crippen LogP contribution in [0.2, 0.25) is 0 Å². The van der Waals surface area contributed by atoms with Gasteiger partial charge in [-0.3, -0.25) is 0 Å². The van der Waals surface area contributed by atoms with Gasteiger partial charge in [-0.1, -0.05) is 224 Å². The van der Waals surface area contributed by atoms with E-state index in [2.05, 4.69) is 42.5 Å². The Hall–Kier alpha value is -7.98. The van der Waals surface area contributed by atoms with Crippen molar-refractivity contribution in [2.75, 3.05) is 0 Å². The molecule has 296 valence electrons. The molecule has 0 saturated heterocycles. The third-order valence-corrected chi connectivity index (χ3v) is 17.1. The molecular weight excluding hydrogens is 779 g/mol. The van der Waals surface area contributed by atoms with Crippen molar-refractivity contribution in [1.29, 1.82) is 0 Å². The van der Waals surface area contributed by atoms with Crippen molar-refractivity contribution in [3.8, 4) is 39.1 Å². The second-order valence-corrected chi connectivity index (χ2v) is 19.4. The summed E-state index contributed by atoms with van der Waals surface area (Å²) >= 11 is 0. The molecule has 0 amide bonds. The van der Waals surface area contributed by atoms with Crippen molar-refractivity contribution < 1.29 is 18.1 Å². The highest BCUT2D eigenvalue weighted by Crippen LogP contribution is 2.43. The highest BCUT2D eigenvalue weighted by Gasteiger charge is 2.42. The Kier molecular flexibility index (Phi) is 6.69. The van der Waals surface area contributed by atoms with Crippen LogP contribution < -0.4 is 20.7 Å². The summed E-state index contributed by atoms with van der Waals surface area (Å²) in [6, 6.07) is 56.8. The van der Waals surface area contributed by atoms with Crippen LogP contribution in [0.5, 0.6) is 0 Å². The molecule has 0 aliphatic carbocycles. The molecule has 12 rings (SSSR count). The summed E-state index contributed by atoms with van der Waals surface area (Å²) in [4.78, 5) is 0. The van der Waals surface area contributed by atoms with Crippen molar-refractivity contribution in [3.05, 3.63) is 248 Å². The molecule has 12 aromatic rings. The van der Waals surface area contributed by atoms with Gasteiger partial charge in [0.2, 0.25) is 0 Å². The molecule has 0 aliphatic rings. The van der Waals surface area contributed by atoms with Crippen LogP contribution in [0.3, 0.4) is 0 Å². The molecule has 0 spiro atoms. The van der Waals surface area contributed by atoms with E-state index in [4.69, 9.17) is 12.6 Å². The lowest BCUT2D eigenvalue weighted by atomic mass is 9.95. The molecule has 0 atom stereocenters. The summed E-state index contributed by atoms with van der Waals surface area (Å²) in [5.74, 6) is 0. The number of furan rings is 1. The zero-order chi connectivity index (χ0) is 50.4. The molecule has 0 aliphatic heterocycles. The van der Waals surface area contributed by atoms with Gasteiger partial charge in [-0.2, -0.15) is 0 Å². The zero-order valence-corrected chi connectivity index (χ0v) is 34.8. The molecule has 63 heavy (non-hydrogen) atoms. The van der Waals surface area contributed by atoms with Gasteiger partial charge >= 0.3 is 0 Å². The monoisotopic (exact) mass is 829 g/mol. The highest BCUT2D eigenvalue weighted by atomic mass is 28.3. The number of aromatic nitrogens is 1. The fraction of sp³-hybridized carbons (Fsp3) is 0. The maximum atomic E-state index is 9.69. The molecular formula is C60H41NOSi. The Labute approximate surface area is 381 Å². The smallest absolute Gasteiger partial charge is 0.179 e. The first-order valence-electron chi connectivity index (χ1n) is 25.9. The highest BCUT2D eigenvalue weighted by molar-refractivity contribution is 7.20. The summed E-state index contributed by atoms with van der Waals surface area (Å²) in [6.07, 6.45) is 0. The molecule has 2 nitrogen and oxygen atoms in total. The standard InChI is InChI=1S/C60H41NOSi/c1-6-21-42(22-7-1)53-40-48(63(45-25-10-3-11-26-45,46-27-12-4-13-28-46)47-29-14-5-15-30-47)41-54(43-23-8-2-9-24-43)59(53)61-56-35-18-16-31-50(56)55-39-44(37-38-57(55)61)49-33-20-34-52-51-32-17-19-36-58(51)62-60(49)52/h1-41H/i1D,2D,6D,7D,8D,9D,21D,22D,23D,24D. The summed E-state index contributed by atoms with van der Waals surface area (Å²) in [5.41, 5.74) is 5.08. The van der Waals surface area contributed by atoms with E-state index in [1.165, 1.54) is 0 Å². The lowest BCUT2D eigenvalue weighted by Crippen LogP contribution is -2.74. The quantitative estimate of drug-likeness (QED) is 0.110. The van der Waals surface area contributed by atoms with Crippen LogP contribution in [0.1, 0.15) is 13.7 Å². The van der Waals surface area contributed by atoms with Crippen LogP contribution in [-0.4, -0.2) is 12.6 Å². The summed E-state index contributed by atoms with van der Waals surface area (Å²) in [5, 5.41) is 7.18. The number of fused-ring (bicyclic) bond motifs is 6. The fourth-order valence-electron chi connectivity index (χ4n) is 9.66. The third kappa shape index (κ3) is 5.93. The van der Waals surface area contributed by atoms with E-state index in [0.29, 0.717) is 16.2 Å². The maximum Gasteiger partial charge on any atom is 0.179 e. The van der Waals surface area contributed by atoms with Gasteiger partial charge in [0.1, 0.15) is 11.2 Å². The average Bonchev–Trinajstić information content (AvgIpc) is 3.98. The first-order valence-corrected chi connectivity index (χ1v) is 22.9. The molecule has 2 aromatic heterocycles. The van der Waals surface area contributed by atoms with Crippen molar-refractivity contribution in [2.45, 2.75) is 0 Å². The van der Waals surface area contributed by atoms with Gasteiger partial charge in [0, 0.05) is 38.2 Å². The summed E-state index contributed by atoms with van der Waals surface area (Å²) in [7, 11) is -3.59. The van der Waals surface area contributed by atoms with Crippen LogP contribution in [-0.2, 0) is 0 Å². The summed E-state index contributed by atoms with van der Waals surface area (Å²) < 4.78 is 101. The summed E-state index contributed by atoms with van der Waals surface area (Å²) in [6.45, 7) is 0. The molecule has 3 heteroatoms. The van der Waals surface area contributed by atoms with Crippen molar-refractivity contribution >= 4 is 72.6 Å². The van der Waals surface area contributed by atoms with E-state index >= 15 is 0 Å². The minimum atomic E-state index is -3.59. The van der Waals surface area contributed by atoms with Gasteiger partial charge in [0.05, 0.1) is 30.4 Å². The Morgan fingerprint density at radius 1 is 0.365 bits per heavy atom. The van der Waals surface area contributed by atoms with E-state index < -0.39 is 68.5 Å². The van der Waals surface area contributed by atoms with Crippen molar-refractivity contribution in [1.82, 2.24) is 4.57 Å². The second kappa shape index (κ2) is 15.2. The first kappa shape index (κ1) is 27.8. The van der Waals surface area contributed by atoms with Crippen LogP contribution >= 0.6 is 0 Å². The molecule has 0 radical (unpaired) electrons. The second-order valence-electron chi connectivity index (χ2n) is 15.6. The van der Waals surface area contributed by atoms with Crippen molar-refractivity contribution in [3.63, 3.8) is 0 Å². The van der Waals surface area contributed by atoms with Gasteiger partial charge in [-0.25, -0.2) is 0 Å². The number of nitrogens with zero attached hydrogens (tertiary/aromatic N) is 1. The van der Waals surface area contributed by atoms with E-state index in [9.17, 15) is 5.48 Å². The molecule has 0 saturated carbocycles. The van der Waals surface area contributed by atoms with Crippen LogP contribution in [0.25, 0.3) is 82.8 Å². The van der Waals surface area contributed by atoms with Crippen LogP contribution in [0, 0.1) is 0 Å². The fourth-order valence-corrected chi connectivity index (χ4v) is 14.5. The van der Waals surface area contributed by atoms with Crippen molar-refractivity contribution in [2.24, 2.45) is 0 Å². The molecule has 0 bridgehead atoms. The Balaban J connectivity index is 1.30. The van der Waals surface area contributed by atoms with Gasteiger partial charge in [0.25, 0.3) is 0 Å². The SMILES string of the molecule is [2H]c1c([2H])c([2H])c(-c2cc([Si](c3ccccc3)(c3ccccc3)c3ccccc3)cc(-c3c([2H])c([2H])c([2H])c([2H])c3[2H])c2-n2c3ccccc3c3cc(-c4cccc5c4oc4ccccc45)ccc32)c([2H])c1[2H]. The largest absolute Gasteiger partial charge is 0.455 e. The third-order valence-electron chi connectivity index (χ3n) is 12.3. The Bertz CT molecular complexity index is 3970. The maximum absolute atomic E-state index is 9.69. The first-order chi connectivity index (χ1) is 35.4. The topological polar surface area (TPSA) is 18.1 Å². The van der Waals surface area contributed by atoms with Gasteiger partial charge < -0.3 is 8.98 Å². The van der Waals surface area contributed by atoms with E-state index in [1.807, 2.05) is 150 Å². The van der Waals surface area contributed by atoms with E-state index in [0.717, 1.165) is 59.4 Å². The number of para-hydroxylation sites is 3. The van der Waals surface area contributed by atoms with Gasteiger partial charge in [0.15, 0.2) is 8.07 Å². The Morgan fingerprint density at radius 3 is 1.48 bits per heavy atom. The molecule has 0 N–H and O–H groups in total. The number of benzene rings is 10. The van der Waals surface area contributed by atoms with E-state index in [1.54, 1.807) is 0 Å². The van der Waals surface area contributed by atoms with E-state index in [-0.39, 0.29) is 27.9 Å².